The van der Waals surface area contributed by atoms with Crippen molar-refractivity contribution >= 4 is 23.3 Å². The van der Waals surface area contributed by atoms with Gasteiger partial charge in [-0.15, -0.1) is 0 Å². The van der Waals surface area contributed by atoms with Gasteiger partial charge in [0.25, 0.3) is 5.91 Å². The maximum Gasteiger partial charge on any atom is 0.336 e. The molecule has 21 heavy (non-hydrogen) atoms. The Labute approximate surface area is 122 Å². The molecule has 6 nitrogen and oxygen atoms in total. The molecule has 0 unspecified atom stereocenters. The molecule has 1 aromatic heterocycles. The number of carboxylic acid groups (broad SMARTS) is 1. The predicted molar refractivity (Wildman–Crippen MR) is 79.9 cm³/mol. The summed E-state index contributed by atoms with van der Waals surface area (Å²) in [7, 11) is 3.69. The van der Waals surface area contributed by atoms with Crippen molar-refractivity contribution in [3.63, 3.8) is 0 Å². The molecule has 0 aliphatic carbocycles. The summed E-state index contributed by atoms with van der Waals surface area (Å²) in [5.41, 5.74) is 1.38. The van der Waals surface area contributed by atoms with Crippen molar-refractivity contribution in [3.05, 3.63) is 53.9 Å². The SMILES string of the molecule is CN(C)c1ccncc1NC(=O)c1ccccc1C(=O)O. The molecule has 0 radical (unpaired) electrons. The lowest BCUT2D eigenvalue weighted by Gasteiger charge is -2.17. The topological polar surface area (TPSA) is 82.5 Å². The Morgan fingerprint density at radius 3 is 2.43 bits per heavy atom. The second-order valence-corrected chi connectivity index (χ2v) is 4.59. The average Bonchev–Trinajstić information content (AvgIpc) is 2.47. The van der Waals surface area contributed by atoms with Gasteiger partial charge in [-0.25, -0.2) is 4.79 Å². The maximum atomic E-state index is 12.3. The molecule has 2 aromatic rings. The van der Waals surface area contributed by atoms with E-state index in [9.17, 15) is 9.59 Å². The molecule has 0 atom stereocenters. The van der Waals surface area contributed by atoms with Gasteiger partial charge < -0.3 is 15.3 Å². The minimum absolute atomic E-state index is 0.0368. The van der Waals surface area contributed by atoms with Crippen LogP contribution in [0.2, 0.25) is 0 Å². The highest BCUT2D eigenvalue weighted by Crippen LogP contribution is 2.23. The van der Waals surface area contributed by atoms with Gasteiger partial charge in [-0.3, -0.25) is 9.78 Å². The van der Waals surface area contributed by atoms with Gasteiger partial charge in [0.1, 0.15) is 0 Å². The van der Waals surface area contributed by atoms with Crippen molar-refractivity contribution in [2.45, 2.75) is 0 Å². The first-order chi connectivity index (χ1) is 10.0. The summed E-state index contributed by atoms with van der Waals surface area (Å²) >= 11 is 0. The number of rotatable bonds is 4. The van der Waals surface area contributed by atoms with E-state index in [2.05, 4.69) is 10.3 Å². The fourth-order valence-electron chi connectivity index (χ4n) is 1.93. The van der Waals surface area contributed by atoms with Crippen LogP contribution in [0.3, 0.4) is 0 Å². The number of hydrogen-bond acceptors (Lipinski definition) is 4. The van der Waals surface area contributed by atoms with Gasteiger partial charge >= 0.3 is 5.97 Å². The number of hydrogen-bond donors (Lipinski definition) is 2. The maximum absolute atomic E-state index is 12.3. The Bertz CT molecular complexity index is 683. The molecule has 2 rings (SSSR count). The quantitative estimate of drug-likeness (QED) is 0.899. The van der Waals surface area contributed by atoms with Crippen LogP contribution in [0, 0.1) is 0 Å². The van der Waals surface area contributed by atoms with E-state index >= 15 is 0 Å². The van der Waals surface area contributed by atoms with E-state index < -0.39 is 11.9 Å². The lowest BCUT2D eigenvalue weighted by atomic mass is 10.1. The Morgan fingerprint density at radius 2 is 1.81 bits per heavy atom. The lowest BCUT2D eigenvalue weighted by molar-refractivity contribution is 0.0692. The number of aromatic nitrogens is 1. The highest BCUT2D eigenvalue weighted by atomic mass is 16.4. The van der Waals surface area contributed by atoms with Gasteiger partial charge in [0.05, 0.1) is 28.7 Å². The molecule has 0 spiro atoms. The van der Waals surface area contributed by atoms with E-state index in [4.69, 9.17) is 5.11 Å². The smallest absolute Gasteiger partial charge is 0.336 e. The molecule has 108 valence electrons. The molecule has 0 aliphatic heterocycles. The molecule has 0 aliphatic rings. The number of pyridine rings is 1. The van der Waals surface area contributed by atoms with Gasteiger partial charge in [-0.2, -0.15) is 0 Å². The Morgan fingerprint density at radius 1 is 1.14 bits per heavy atom. The molecule has 0 saturated carbocycles. The van der Waals surface area contributed by atoms with Crippen LogP contribution in [0.4, 0.5) is 11.4 Å². The first-order valence-electron chi connectivity index (χ1n) is 6.25. The van der Waals surface area contributed by atoms with Crippen LogP contribution in [0.15, 0.2) is 42.7 Å². The van der Waals surface area contributed by atoms with Gasteiger partial charge in [0.15, 0.2) is 0 Å². The fourth-order valence-corrected chi connectivity index (χ4v) is 1.93. The summed E-state index contributed by atoms with van der Waals surface area (Å²) in [6.07, 6.45) is 3.15. The Hall–Kier alpha value is -2.89. The molecule has 0 fully saturated rings. The molecule has 0 saturated heterocycles. The number of carbonyl (C=O) groups excluding carboxylic acids is 1. The van der Waals surface area contributed by atoms with Crippen molar-refractivity contribution in [2.24, 2.45) is 0 Å². The van der Waals surface area contributed by atoms with E-state index in [1.807, 2.05) is 19.0 Å². The van der Waals surface area contributed by atoms with Crippen molar-refractivity contribution in [3.8, 4) is 0 Å². The number of anilines is 2. The number of aromatic carboxylic acids is 1. The molecule has 0 bridgehead atoms. The molecule has 1 heterocycles. The molecule has 6 heteroatoms. The van der Waals surface area contributed by atoms with Gasteiger partial charge in [-0.1, -0.05) is 12.1 Å². The minimum Gasteiger partial charge on any atom is -0.478 e. The second-order valence-electron chi connectivity index (χ2n) is 4.59. The number of carboxylic acids is 1. The summed E-state index contributed by atoms with van der Waals surface area (Å²) in [6, 6.07) is 7.84. The number of amides is 1. The highest BCUT2D eigenvalue weighted by molar-refractivity contribution is 6.11. The highest BCUT2D eigenvalue weighted by Gasteiger charge is 2.17. The Kier molecular flexibility index (Phi) is 4.18. The predicted octanol–water partition coefficient (Wildman–Crippen LogP) is 2.10. The minimum atomic E-state index is -1.14. The summed E-state index contributed by atoms with van der Waals surface area (Å²) in [4.78, 5) is 29.3. The number of nitrogens with one attached hydrogen (secondary N) is 1. The normalized spacial score (nSPS) is 10.0. The average molecular weight is 285 g/mol. The summed E-state index contributed by atoms with van der Waals surface area (Å²) in [5.74, 6) is -1.62. The number of nitrogens with zero attached hydrogens (tertiary/aromatic N) is 2. The molecule has 1 aromatic carbocycles. The van der Waals surface area contributed by atoms with Crippen molar-refractivity contribution < 1.29 is 14.7 Å². The van der Waals surface area contributed by atoms with Crippen LogP contribution < -0.4 is 10.2 Å². The van der Waals surface area contributed by atoms with E-state index in [1.165, 1.54) is 18.3 Å². The Balaban J connectivity index is 2.33. The van der Waals surface area contributed by atoms with Gasteiger partial charge in [0, 0.05) is 20.3 Å². The van der Waals surface area contributed by atoms with Crippen LogP contribution in [0.5, 0.6) is 0 Å². The third kappa shape index (κ3) is 3.17. The van der Waals surface area contributed by atoms with E-state index in [1.54, 1.807) is 24.4 Å². The van der Waals surface area contributed by atoms with Crippen LogP contribution in [-0.4, -0.2) is 36.1 Å². The summed E-state index contributed by atoms with van der Waals surface area (Å²) in [6.45, 7) is 0. The van der Waals surface area contributed by atoms with Crippen molar-refractivity contribution in [1.82, 2.24) is 4.98 Å². The standard InChI is InChI=1S/C15H15N3O3/c1-18(2)13-7-8-16-9-12(13)17-14(19)10-5-3-4-6-11(10)15(20)21/h3-9H,1-2H3,(H,17,19)(H,20,21). The summed E-state index contributed by atoms with van der Waals surface area (Å²) < 4.78 is 0. The second kappa shape index (κ2) is 6.04. The largest absolute Gasteiger partial charge is 0.478 e. The first kappa shape index (κ1) is 14.5. The van der Waals surface area contributed by atoms with Crippen LogP contribution >= 0.6 is 0 Å². The first-order valence-corrected chi connectivity index (χ1v) is 6.25. The van der Waals surface area contributed by atoms with Crippen molar-refractivity contribution in [2.75, 3.05) is 24.3 Å². The zero-order valence-corrected chi connectivity index (χ0v) is 11.7. The monoisotopic (exact) mass is 285 g/mol. The van der Waals surface area contributed by atoms with Gasteiger partial charge in [0.2, 0.25) is 0 Å². The fraction of sp³-hybridized carbons (Fsp3) is 0.133. The van der Waals surface area contributed by atoms with E-state index in [0.29, 0.717) is 5.69 Å². The molecular formula is C15H15N3O3. The zero-order valence-electron chi connectivity index (χ0n) is 11.7. The van der Waals surface area contributed by atoms with Gasteiger partial charge in [-0.05, 0) is 18.2 Å². The number of benzene rings is 1. The zero-order chi connectivity index (χ0) is 15.4. The third-order valence-electron chi connectivity index (χ3n) is 2.93. The van der Waals surface area contributed by atoms with E-state index in [0.717, 1.165) is 5.69 Å². The van der Waals surface area contributed by atoms with Crippen LogP contribution in [-0.2, 0) is 0 Å². The summed E-state index contributed by atoms with van der Waals surface area (Å²) in [5, 5.41) is 11.8. The third-order valence-corrected chi connectivity index (χ3v) is 2.93. The molecule has 2 N–H and O–H groups in total. The number of carbonyl (C=O) groups is 2. The van der Waals surface area contributed by atoms with Crippen molar-refractivity contribution in [1.29, 1.82) is 0 Å². The van der Waals surface area contributed by atoms with E-state index in [-0.39, 0.29) is 11.1 Å². The van der Waals surface area contributed by atoms with Crippen LogP contribution in [0.1, 0.15) is 20.7 Å². The molecule has 1 amide bonds. The van der Waals surface area contributed by atoms with Crippen LogP contribution in [0.25, 0.3) is 0 Å². The molecular weight excluding hydrogens is 270 g/mol. The lowest BCUT2D eigenvalue weighted by Crippen LogP contribution is -2.19.